The molecule has 0 aliphatic carbocycles. The number of rotatable bonds is 1. The second-order valence-electron chi connectivity index (χ2n) is 3.71. The molecule has 13 heavy (non-hydrogen) atoms. The van der Waals surface area contributed by atoms with Gasteiger partial charge in [0.15, 0.2) is 9.84 Å². The van der Waals surface area contributed by atoms with Crippen LogP contribution in [0, 0.1) is 5.41 Å². The molecule has 0 amide bonds. The zero-order valence-electron chi connectivity index (χ0n) is 7.36. The average Bonchev–Trinajstić information content (AvgIpc) is 1.97. The van der Waals surface area contributed by atoms with Gasteiger partial charge in [0, 0.05) is 6.04 Å². The Morgan fingerprint density at radius 2 is 2.15 bits per heavy atom. The van der Waals surface area contributed by atoms with Crippen molar-refractivity contribution in [2.45, 2.75) is 19.4 Å². The van der Waals surface area contributed by atoms with Gasteiger partial charge in [-0.05, 0) is 13.3 Å². The van der Waals surface area contributed by atoms with Gasteiger partial charge in [-0.3, -0.25) is 4.79 Å². The van der Waals surface area contributed by atoms with Gasteiger partial charge in [-0.15, -0.1) is 0 Å². The summed E-state index contributed by atoms with van der Waals surface area (Å²) in [7, 11) is -3.23. The topological polar surface area (TPSA) is 97.5 Å². The molecule has 1 aliphatic rings. The van der Waals surface area contributed by atoms with E-state index in [0.717, 1.165) is 0 Å². The van der Waals surface area contributed by atoms with Gasteiger partial charge in [-0.25, -0.2) is 8.42 Å². The minimum absolute atomic E-state index is 0.00294. The Bertz CT molecular complexity index is 323. The number of carboxylic acids is 1. The molecule has 2 atom stereocenters. The second-order valence-corrected chi connectivity index (χ2v) is 5.89. The summed E-state index contributed by atoms with van der Waals surface area (Å²) in [5.41, 5.74) is 4.27. The summed E-state index contributed by atoms with van der Waals surface area (Å²) >= 11 is 0. The molecule has 1 heterocycles. The average molecular weight is 207 g/mol. The van der Waals surface area contributed by atoms with Crippen molar-refractivity contribution in [1.82, 2.24) is 0 Å². The van der Waals surface area contributed by atoms with Crippen molar-refractivity contribution in [2.75, 3.05) is 11.5 Å². The first-order valence-corrected chi connectivity index (χ1v) is 5.79. The molecule has 0 aromatic carbocycles. The lowest BCUT2D eigenvalue weighted by Gasteiger charge is -2.34. The predicted octanol–water partition coefficient (Wildman–Crippen LogP) is -0.777. The van der Waals surface area contributed by atoms with Crippen LogP contribution in [0.25, 0.3) is 0 Å². The molecule has 1 aliphatic heterocycles. The Morgan fingerprint density at radius 3 is 2.54 bits per heavy atom. The predicted molar refractivity (Wildman–Crippen MR) is 47.0 cm³/mol. The van der Waals surface area contributed by atoms with E-state index in [9.17, 15) is 13.2 Å². The smallest absolute Gasteiger partial charge is 0.311 e. The first-order valence-electron chi connectivity index (χ1n) is 3.97. The molecule has 0 saturated carbocycles. The normalized spacial score (nSPS) is 38.5. The highest BCUT2D eigenvalue weighted by molar-refractivity contribution is 7.91. The second kappa shape index (κ2) is 2.95. The quantitative estimate of drug-likeness (QED) is 0.588. The maximum Gasteiger partial charge on any atom is 0.311 e. The van der Waals surface area contributed by atoms with Crippen LogP contribution in [-0.2, 0) is 14.6 Å². The Hall–Kier alpha value is -0.620. The van der Waals surface area contributed by atoms with Gasteiger partial charge in [0.1, 0.15) is 0 Å². The molecule has 0 aromatic rings. The van der Waals surface area contributed by atoms with Crippen molar-refractivity contribution in [1.29, 1.82) is 0 Å². The third kappa shape index (κ3) is 1.83. The number of hydrogen-bond donors (Lipinski definition) is 2. The van der Waals surface area contributed by atoms with Crippen LogP contribution in [0.4, 0.5) is 0 Å². The fourth-order valence-electron chi connectivity index (χ4n) is 1.48. The van der Waals surface area contributed by atoms with Crippen molar-refractivity contribution in [3.63, 3.8) is 0 Å². The van der Waals surface area contributed by atoms with Crippen LogP contribution in [-0.4, -0.2) is 37.0 Å². The molecule has 0 radical (unpaired) electrons. The van der Waals surface area contributed by atoms with E-state index in [0.29, 0.717) is 0 Å². The highest BCUT2D eigenvalue weighted by Crippen LogP contribution is 2.30. The van der Waals surface area contributed by atoms with Gasteiger partial charge in [-0.2, -0.15) is 0 Å². The standard InChI is InChI=1S/C7H13NO4S/c1-7(6(9)10)4-13(11,12)3-2-5(7)8/h5H,2-4,8H2,1H3,(H,9,10). The summed E-state index contributed by atoms with van der Waals surface area (Å²) < 4.78 is 22.4. The summed E-state index contributed by atoms with van der Waals surface area (Å²) in [6.07, 6.45) is 0.227. The summed E-state index contributed by atoms with van der Waals surface area (Å²) in [5.74, 6) is -1.49. The van der Waals surface area contributed by atoms with Crippen LogP contribution in [0.3, 0.4) is 0 Å². The molecule has 6 heteroatoms. The van der Waals surface area contributed by atoms with Crippen molar-refractivity contribution >= 4 is 15.8 Å². The first kappa shape index (κ1) is 10.5. The zero-order chi connectivity index (χ0) is 10.3. The molecule has 1 saturated heterocycles. The van der Waals surface area contributed by atoms with E-state index in [1.807, 2.05) is 0 Å². The Balaban J connectivity index is 3.01. The van der Waals surface area contributed by atoms with Crippen LogP contribution >= 0.6 is 0 Å². The molecule has 76 valence electrons. The minimum Gasteiger partial charge on any atom is -0.481 e. The Kier molecular flexibility index (Phi) is 2.38. The number of carboxylic acid groups (broad SMARTS) is 1. The van der Waals surface area contributed by atoms with E-state index >= 15 is 0 Å². The van der Waals surface area contributed by atoms with Gasteiger partial charge in [0.05, 0.1) is 16.9 Å². The summed E-state index contributed by atoms with van der Waals surface area (Å²) in [4.78, 5) is 10.8. The molecule has 0 aromatic heterocycles. The van der Waals surface area contributed by atoms with E-state index in [1.54, 1.807) is 0 Å². The van der Waals surface area contributed by atoms with Crippen molar-refractivity contribution in [3.8, 4) is 0 Å². The summed E-state index contributed by atoms with van der Waals surface area (Å²) in [6, 6.07) is -0.575. The van der Waals surface area contributed by atoms with E-state index in [2.05, 4.69) is 0 Å². The first-order chi connectivity index (χ1) is 5.78. The van der Waals surface area contributed by atoms with Crippen LogP contribution < -0.4 is 5.73 Å². The molecule has 1 rings (SSSR count). The summed E-state index contributed by atoms with van der Waals surface area (Å²) in [6.45, 7) is 1.39. The number of hydrogen-bond acceptors (Lipinski definition) is 4. The number of sulfone groups is 1. The maximum absolute atomic E-state index is 11.2. The van der Waals surface area contributed by atoms with Crippen LogP contribution in [0.1, 0.15) is 13.3 Å². The molecule has 0 bridgehead atoms. The van der Waals surface area contributed by atoms with Crippen LogP contribution in [0.2, 0.25) is 0 Å². The number of nitrogens with two attached hydrogens (primary N) is 1. The molecule has 1 fully saturated rings. The monoisotopic (exact) mass is 207 g/mol. The minimum atomic E-state index is -3.23. The largest absolute Gasteiger partial charge is 0.481 e. The highest BCUT2D eigenvalue weighted by Gasteiger charge is 2.46. The Morgan fingerprint density at radius 1 is 1.62 bits per heavy atom. The van der Waals surface area contributed by atoms with Crippen molar-refractivity contribution < 1.29 is 18.3 Å². The van der Waals surface area contributed by atoms with Gasteiger partial charge < -0.3 is 10.8 Å². The lowest BCUT2D eigenvalue weighted by atomic mass is 9.83. The lowest BCUT2D eigenvalue weighted by molar-refractivity contribution is -0.148. The van der Waals surface area contributed by atoms with E-state index in [4.69, 9.17) is 10.8 Å². The fourth-order valence-corrected chi connectivity index (χ4v) is 3.49. The van der Waals surface area contributed by atoms with E-state index < -0.39 is 27.3 Å². The molecule has 3 N–H and O–H groups in total. The number of carbonyl (C=O) groups is 1. The molecular formula is C7H13NO4S. The van der Waals surface area contributed by atoms with Gasteiger partial charge in [-0.1, -0.05) is 0 Å². The molecule has 2 unspecified atom stereocenters. The lowest BCUT2D eigenvalue weighted by Crippen LogP contribution is -2.54. The molecular weight excluding hydrogens is 194 g/mol. The third-order valence-corrected chi connectivity index (χ3v) is 4.46. The third-order valence-electron chi connectivity index (χ3n) is 2.57. The van der Waals surface area contributed by atoms with Crippen molar-refractivity contribution in [3.05, 3.63) is 0 Å². The summed E-state index contributed by atoms with van der Waals surface area (Å²) in [5, 5.41) is 8.86. The zero-order valence-corrected chi connectivity index (χ0v) is 8.17. The van der Waals surface area contributed by atoms with E-state index in [-0.39, 0.29) is 17.9 Å². The van der Waals surface area contributed by atoms with E-state index in [1.165, 1.54) is 6.92 Å². The van der Waals surface area contributed by atoms with Gasteiger partial charge in [0.25, 0.3) is 0 Å². The maximum atomic E-state index is 11.2. The van der Waals surface area contributed by atoms with Crippen LogP contribution in [0.15, 0.2) is 0 Å². The number of aliphatic carboxylic acids is 1. The highest BCUT2D eigenvalue weighted by atomic mass is 32.2. The molecule has 5 nitrogen and oxygen atoms in total. The van der Waals surface area contributed by atoms with Gasteiger partial charge in [0.2, 0.25) is 0 Å². The Labute approximate surface area is 76.8 Å². The SMILES string of the molecule is CC1(C(=O)O)CS(=O)(=O)CCC1N. The van der Waals surface area contributed by atoms with Gasteiger partial charge >= 0.3 is 5.97 Å². The fraction of sp³-hybridized carbons (Fsp3) is 0.857. The van der Waals surface area contributed by atoms with Crippen LogP contribution in [0.5, 0.6) is 0 Å². The van der Waals surface area contributed by atoms with Crippen molar-refractivity contribution in [2.24, 2.45) is 11.1 Å². The molecule has 0 spiro atoms.